The number of carbonyl (C=O) groups is 1. The summed E-state index contributed by atoms with van der Waals surface area (Å²) >= 11 is 0. The summed E-state index contributed by atoms with van der Waals surface area (Å²) in [6.07, 6.45) is 0.927. The molecule has 0 aromatic heterocycles. The van der Waals surface area contributed by atoms with Crippen molar-refractivity contribution in [3.8, 4) is 5.75 Å². The lowest BCUT2D eigenvalue weighted by molar-refractivity contribution is -0.119. The number of nitrogens with two attached hydrogens (primary N) is 1. The van der Waals surface area contributed by atoms with Crippen LogP contribution in [0.2, 0.25) is 0 Å². The lowest BCUT2D eigenvalue weighted by Gasteiger charge is -2.21. The van der Waals surface area contributed by atoms with E-state index in [-0.39, 0.29) is 12.5 Å². The molecule has 0 atom stereocenters. The van der Waals surface area contributed by atoms with Crippen molar-refractivity contribution >= 4 is 17.3 Å². The number of nitrogen functional groups attached to an aromatic ring is 1. The van der Waals surface area contributed by atoms with Crippen LogP contribution in [0.25, 0.3) is 0 Å². The van der Waals surface area contributed by atoms with Crippen LogP contribution < -0.4 is 20.7 Å². The standard InChI is InChI=1S/C13H21N3O2/c1-4-8-15-12(17)9-16(2)10-6-5-7-11(18-3)13(10)14/h5-7H,4,8-9,14H2,1-3H3,(H,15,17). The lowest BCUT2D eigenvalue weighted by Crippen LogP contribution is -2.35. The SMILES string of the molecule is CCCNC(=O)CN(C)c1cccc(OC)c1N. The minimum absolute atomic E-state index is 0.0124. The van der Waals surface area contributed by atoms with Crippen LogP contribution in [-0.2, 0) is 4.79 Å². The molecule has 100 valence electrons. The van der Waals surface area contributed by atoms with E-state index in [2.05, 4.69) is 5.32 Å². The van der Waals surface area contributed by atoms with Crippen molar-refractivity contribution < 1.29 is 9.53 Å². The molecule has 0 aliphatic heterocycles. The first kappa shape index (κ1) is 14.2. The molecule has 0 heterocycles. The molecule has 5 heteroatoms. The highest BCUT2D eigenvalue weighted by Gasteiger charge is 2.12. The van der Waals surface area contributed by atoms with E-state index in [1.807, 2.05) is 31.0 Å². The Morgan fingerprint density at radius 2 is 2.22 bits per heavy atom. The van der Waals surface area contributed by atoms with E-state index in [1.165, 1.54) is 0 Å². The summed E-state index contributed by atoms with van der Waals surface area (Å²) in [6.45, 7) is 2.99. The highest BCUT2D eigenvalue weighted by atomic mass is 16.5. The van der Waals surface area contributed by atoms with Crippen molar-refractivity contribution in [2.75, 3.05) is 37.9 Å². The molecule has 3 N–H and O–H groups in total. The molecule has 18 heavy (non-hydrogen) atoms. The second-order valence-electron chi connectivity index (χ2n) is 4.10. The predicted octanol–water partition coefficient (Wildman–Crippen LogP) is 1.24. The third kappa shape index (κ3) is 3.55. The number of likely N-dealkylation sites (N-methyl/N-ethyl adjacent to an activating group) is 1. The molecule has 0 fully saturated rings. The van der Waals surface area contributed by atoms with Gasteiger partial charge in [-0.2, -0.15) is 0 Å². The van der Waals surface area contributed by atoms with Crippen molar-refractivity contribution in [1.82, 2.24) is 5.32 Å². The minimum atomic E-state index is -0.0124. The maximum atomic E-state index is 11.6. The Kier molecular flexibility index (Phi) is 5.30. The Balaban J connectivity index is 2.72. The molecule has 0 saturated carbocycles. The summed E-state index contributed by atoms with van der Waals surface area (Å²) in [5.74, 6) is 0.606. The molecule has 0 bridgehead atoms. The van der Waals surface area contributed by atoms with Gasteiger partial charge >= 0.3 is 0 Å². The molecular formula is C13H21N3O2. The number of nitrogens with zero attached hydrogens (tertiary/aromatic N) is 1. The fourth-order valence-electron chi connectivity index (χ4n) is 1.66. The van der Waals surface area contributed by atoms with Gasteiger partial charge in [-0.25, -0.2) is 0 Å². The van der Waals surface area contributed by atoms with Gasteiger partial charge in [0.25, 0.3) is 0 Å². The van der Waals surface area contributed by atoms with Crippen molar-refractivity contribution in [3.05, 3.63) is 18.2 Å². The Bertz CT molecular complexity index is 407. The second kappa shape index (κ2) is 6.74. The largest absolute Gasteiger partial charge is 0.495 e. The number of ether oxygens (including phenoxy) is 1. The van der Waals surface area contributed by atoms with Crippen LogP contribution in [0.1, 0.15) is 13.3 Å². The number of amides is 1. The van der Waals surface area contributed by atoms with Crippen molar-refractivity contribution in [2.45, 2.75) is 13.3 Å². The molecule has 5 nitrogen and oxygen atoms in total. The zero-order valence-electron chi connectivity index (χ0n) is 11.2. The first-order chi connectivity index (χ1) is 8.60. The summed E-state index contributed by atoms with van der Waals surface area (Å²) < 4.78 is 5.15. The summed E-state index contributed by atoms with van der Waals surface area (Å²) in [5, 5.41) is 2.83. The van der Waals surface area contributed by atoms with Crippen LogP contribution >= 0.6 is 0 Å². The Hall–Kier alpha value is -1.91. The second-order valence-corrected chi connectivity index (χ2v) is 4.10. The highest BCUT2D eigenvalue weighted by Crippen LogP contribution is 2.30. The lowest BCUT2D eigenvalue weighted by atomic mass is 10.2. The van der Waals surface area contributed by atoms with Gasteiger partial charge in [0.05, 0.1) is 25.0 Å². The number of hydrogen-bond acceptors (Lipinski definition) is 4. The van der Waals surface area contributed by atoms with Gasteiger partial charge in [-0.05, 0) is 18.6 Å². The molecule has 0 saturated heterocycles. The van der Waals surface area contributed by atoms with Gasteiger partial charge < -0.3 is 20.7 Å². The number of hydrogen-bond donors (Lipinski definition) is 2. The van der Waals surface area contributed by atoms with Crippen LogP contribution in [0.3, 0.4) is 0 Å². The first-order valence-corrected chi connectivity index (χ1v) is 6.00. The number of benzene rings is 1. The third-order valence-electron chi connectivity index (χ3n) is 2.63. The van der Waals surface area contributed by atoms with Crippen LogP contribution in [0.4, 0.5) is 11.4 Å². The van der Waals surface area contributed by atoms with E-state index >= 15 is 0 Å². The molecule has 1 amide bonds. The Morgan fingerprint density at radius 1 is 1.50 bits per heavy atom. The van der Waals surface area contributed by atoms with E-state index < -0.39 is 0 Å². The first-order valence-electron chi connectivity index (χ1n) is 6.00. The monoisotopic (exact) mass is 251 g/mol. The smallest absolute Gasteiger partial charge is 0.239 e. The van der Waals surface area contributed by atoms with E-state index in [9.17, 15) is 4.79 Å². The maximum absolute atomic E-state index is 11.6. The van der Waals surface area contributed by atoms with E-state index in [4.69, 9.17) is 10.5 Å². The average molecular weight is 251 g/mol. The van der Waals surface area contributed by atoms with Gasteiger partial charge in [-0.1, -0.05) is 13.0 Å². The Labute approximate surface area is 108 Å². The molecule has 0 spiro atoms. The van der Waals surface area contributed by atoms with Gasteiger partial charge in [0, 0.05) is 13.6 Å². The van der Waals surface area contributed by atoms with Crippen LogP contribution in [0.15, 0.2) is 18.2 Å². The van der Waals surface area contributed by atoms with Gasteiger partial charge in [0.2, 0.25) is 5.91 Å². The van der Waals surface area contributed by atoms with Crippen molar-refractivity contribution in [3.63, 3.8) is 0 Å². The number of rotatable bonds is 6. The van der Waals surface area contributed by atoms with Gasteiger partial charge in [0.1, 0.15) is 5.75 Å². The molecular weight excluding hydrogens is 230 g/mol. The maximum Gasteiger partial charge on any atom is 0.239 e. The topological polar surface area (TPSA) is 67.6 Å². The molecule has 1 rings (SSSR count). The number of carbonyl (C=O) groups excluding carboxylic acids is 1. The fourth-order valence-corrected chi connectivity index (χ4v) is 1.66. The summed E-state index contributed by atoms with van der Waals surface area (Å²) in [7, 11) is 3.40. The number of anilines is 2. The van der Waals surface area contributed by atoms with E-state index in [1.54, 1.807) is 13.2 Å². The van der Waals surface area contributed by atoms with Gasteiger partial charge in [-0.15, -0.1) is 0 Å². The molecule has 1 aromatic carbocycles. The normalized spacial score (nSPS) is 9.94. The zero-order chi connectivity index (χ0) is 13.5. The summed E-state index contributed by atoms with van der Waals surface area (Å²) in [6, 6.07) is 5.51. The van der Waals surface area contributed by atoms with Crippen LogP contribution in [-0.4, -0.2) is 33.2 Å². The van der Waals surface area contributed by atoms with E-state index in [0.29, 0.717) is 18.0 Å². The molecule has 1 aromatic rings. The predicted molar refractivity (Wildman–Crippen MR) is 74.0 cm³/mol. The number of methoxy groups -OCH3 is 1. The fraction of sp³-hybridized carbons (Fsp3) is 0.462. The third-order valence-corrected chi connectivity index (χ3v) is 2.63. The summed E-state index contributed by atoms with van der Waals surface area (Å²) in [4.78, 5) is 13.4. The quantitative estimate of drug-likeness (QED) is 0.746. The molecule has 0 radical (unpaired) electrons. The van der Waals surface area contributed by atoms with Crippen LogP contribution in [0.5, 0.6) is 5.75 Å². The number of para-hydroxylation sites is 1. The Morgan fingerprint density at radius 3 is 2.83 bits per heavy atom. The summed E-state index contributed by atoms with van der Waals surface area (Å²) in [5.41, 5.74) is 7.31. The highest BCUT2D eigenvalue weighted by molar-refractivity contribution is 5.84. The number of nitrogens with one attached hydrogen (secondary N) is 1. The minimum Gasteiger partial charge on any atom is -0.495 e. The van der Waals surface area contributed by atoms with Gasteiger partial charge in [-0.3, -0.25) is 4.79 Å². The van der Waals surface area contributed by atoms with Gasteiger partial charge in [0.15, 0.2) is 0 Å². The molecule has 0 aliphatic rings. The molecule has 0 unspecified atom stereocenters. The average Bonchev–Trinajstić information content (AvgIpc) is 2.36. The zero-order valence-corrected chi connectivity index (χ0v) is 11.2. The van der Waals surface area contributed by atoms with Crippen molar-refractivity contribution in [2.24, 2.45) is 0 Å². The van der Waals surface area contributed by atoms with Crippen LogP contribution in [0, 0.1) is 0 Å². The van der Waals surface area contributed by atoms with E-state index in [0.717, 1.165) is 12.1 Å². The van der Waals surface area contributed by atoms with Crippen molar-refractivity contribution in [1.29, 1.82) is 0 Å². The molecule has 0 aliphatic carbocycles.